The van der Waals surface area contributed by atoms with Gasteiger partial charge < -0.3 is 24.1 Å². The summed E-state index contributed by atoms with van der Waals surface area (Å²) in [6.07, 6.45) is 2.04. The van der Waals surface area contributed by atoms with Crippen molar-refractivity contribution < 1.29 is 23.8 Å². The molecule has 0 aliphatic carbocycles. The summed E-state index contributed by atoms with van der Waals surface area (Å²) in [7, 11) is 2.49. The molecule has 0 spiro atoms. The van der Waals surface area contributed by atoms with Crippen LogP contribution in [0.5, 0.6) is 5.75 Å². The summed E-state index contributed by atoms with van der Waals surface area (Å²) >= 11 is 0. The highest BCUT2D eigenvalue weighted by Crippen LogP contribution is 2.30. The standard InChI is InChI=1S/C14H16N2O6/c1-20-12-10-13(18)15-8-6-22-4-3-9(8)16(10)5-7(11(12)17)14(19)21-2/h5,8-9H,3-4,6H2,1-2H3,(H,15,18)/t8-,9-/m1/s1. The van der Waals surface area contributed by atoms with Crippen LogP contribution in [0.3, 0.4) is 0 Å². The fourth-order valence-corrected chi connectivity index (χ4v) is 2.97. The molecule has 0 radical (unpaired) electrons. The second-order valence-corrected chi connectivity index (χ2v) is 5.16. The van der Waals surface area contributed by atoms with Crippen LogP contribution in [0, 0.1) is 0 Å². The lowest BCUT2D eigenvalue weighted by molar-refractivity contribution is 0.0288. The first-order valence-electron chi connectivity index (χ1n) is 6.88. The molecule has 22 heavy (non-hydrogen) atoms. The molecule has 8 heteroatoms. The molecule has 2 atom stereocenters. The van der Waals surface area contributed by atoms with Gasteiger partial charge in [0.1, 0.15) is 5.56 Å². The number of esters is 1. The summed E-state index contributed by atoms with van der Waals surface area (Å²) in [4.78, 5) is 36.4. The Morgan fingerprint density at radius 1 is 1.41 bits per heavy atom. The molecule has 1 fully saturated rings. The van der Waals surface area contributed by atoms with Crippen molar-refractivity contribution in [2.24, 2.45) is 0 Å². The zero-order chi connectivity index (χ0) is 15.9. The fraction of sp³-hybridized carbons (Fsp3) is 0.500. The van der Waals surface area contributed by atoms with Crippen LogP contribution >= 0.6 is 0 Å². The molecule has 0 saturated carbocycles. The van der Waals surface area contributed by atoms with E-state index in [2.05, 4.69) is 10.1 Å². The van der Waals surface area contributed by atoms with Crippen molar-refractivity contribution in [2.45, 2.75) is 18.5 Å². The van der Waals surface area contributed by atoms with Crippen molar-refractivity contribution in [3.63, 3.8) is 0 Å². The number of carbonyl (C=O) groups is 2. The monoisotopic (exact) mass is 308 g/mol. The lowest BCUT2D eigenvalue weighted by Gasteiger charge is -2.39. The summed E-state index contributed by atoms with van der Waals surface area (Å²) < 4.78 is 16.7. The average molecular weight is 308 g/mol. The van der Waals surface area contributed by atoms with Crippen LogP contribution in [0.25, 0.3) is 0 Å². The summed E-state index contributed by atoms with van der Waals surface area (Å²) in [5.74, 6) is -1.32. The highest BCUT2D eigenvalue weighted by molar-refractivity contribution is 5.98. The van der Waals surface area contributed by atoms with Crippen molar-refractivity contribution in [1.82, 2.24) is 9.88 Å². The van der Waals surface area contributed by atoms with Gasteiger partial charge in [-0.25, -0.2) is 4.79 Å². The van der Waals surface area contributed by atoms with Crippen LogP contribution in [-0.4, -0.2) is 49.9 Å². The molecule has 8 nitrogen and oxygen atoms in total. The number of amides is 1. The second-order valence-electron chi connectivity index (χ2n) is 5.16. The van der Waals surface area contributed by atoms with Crippen molar-refractivity contribution in [1.29, 1.82) is 0 Å². The molecule has 1 saturated heterocycles. The Balaban J connectivity index is 2.24. The molecule has 1 aromatic heterocycles. The number of carbonyl (C=O) groups excluding carboxylic acids is 2. The Labute approximate surface area is 126 Å². The number of hydrogen-bond donors (Lipinski definition) is 1. The van der Waals surface area contributed by atoms with E-state index in [9.17, 15) is 14.4 Å². The van der Waals surface area contributed by atoms with Gasteiger partial charge in [-0.2, -0.15) is 0 Å². The van der Waals surface area contributed by atoms with Gasteiger partial charge in [-0.1, -0.05) is 0 Å². The molecule has 3 rings (SSSR count). The molecule has 0 aromatic carbocycles. The molecule has 1 N–H and O–H groups in total. The fourth-order valence-electron chi connectivity index (χ4n) is 2.97. The number of nitrogens with zero attached hydrogens (tertiary/aromatic N) is 1. The molecule has 2 aliphatic rings. The molecule has 1 aromatic rings. The van der Waals surface area contributed by atoms with E-state index in [-0.39, 0.29) is 29.1 Å². The number of nitrogens with one attached hydrogen (secondary N) is 1. The predicted molar refractivity (Wildman–Crippen MR) is 74.3 cm³/mol. The zero-order valence-corrected chi connectivity index (χ0v) is 12.3. The highest BCUT2D eigenvalue weighted by Gasteiger charge is 2.38. The minimum atomic E-state index is -0.756. The van der Waals surface area contributed by atoms with E-state index in [0.29, 0.717) is 19.6 Å². The zero-order valence-electron chi connectivity index (χ0n) is 12.3. The first-order valence-corrected chi connectivity index (χ1v) is 6.88. The number of aromatic nitrogens is 1. The molecule has 1 amide bonds. The highest BCUT2D eigenvalue weighted by atomic mass is 16.5. The summed E-state index contributed by atoms with van der Waals surface area (Å²) in [5, 5.41) is 2.82. The predicted octanol–water partition coefficient (Wildman–Crippen LogP) is -0.283. The smallest absolute Gasteiger partial charge is 0.343 e. The lowest BCUT2D eigenvalue weighted by Crippen LogP contribution is -2.53. The normalized spacial score (nSPS) is 23.1. The van der Waals surface area contributed by atoms with Crippen LogP contribution in [0.1, 0.15) is 33.3 Å². The van der Waals surface area contributed by atoms with E-state index >= 15 is 0 Å². The molecule has 2 aliphatic heterocycles. The first kappa shape index (κ1) is 14.6. The van der Waals surface area contributed by atoms with Gasteiger partial charge in [-0.15, -0.1) is 0 Å². The minimum Gasteiger partial charge on any atom is -0.491 e. The quantitative estimate of drug-likeness (QED) is 0.755. The topological polar surface area (TPSA) is 95.9 Å². The van der Waals surface area contributed by atoms with E-state index in [4.69, 9.17) is 9.47 Å². The summed E-state index contributed by atoms with van der Waals surface area (Å²) in [6, 6.07) is -0.300. The van der Waals surface area contributed by atoms with Gasteiger partial charge in [-0.3, -0.25) is 9.59 Å². The number of methoxy groups -OCH3 is 2. The van der Waals surface area contributed by atoms with Gasteiger partial charge >= 0.3 is 5.97 Å². The first-order chi connectivity index (χ1) is 10.6. The molecular weight excluding hydrogens is 292 g/mol. The van der Waals surface area contributed by atoms with E-state index < -0.39 is 17.3 Å². The van der Waals surface area contributed by atoms with Gasteiger partial charge in [0.25, 0.3) is 5.91 Å². The minimum absolute atomic E-state index is 0.0978. The van der Waals surface area contributed by atoms with Crippen LogP contribution in [-0.2, 0) is 9.47 Å². The number of hydrogen-bond acceptors (Lipinski definition) is 6. The Morgan fingerprint density at radius 3 is 2.86 bits per heavy atom. The van der Waals surface area contributed by atoms with Crippen LogP contribution in [0.4, 0.5) is 0 Å². The molecular formula is C14H16N2O6. The maximum atomic E-state index is 12.3. The van der Waals surface area contributed by atoms with Crippen molar-refractivity contribution in [2.75, 3.05) is 27.4 Å². The van der Waals surface area contributed by atoms with E-state index in [1.54, 1.807) is 4.57 Å². The average Bonchev–Trinajstić information content (AvgIpc) is 2.54. The van der Waals surface area contributed by atoms with Crippen LogP contribution < -0.4 is 15.5 Å². The van der Waals surface area contributed by atoms with Crippen molar-refractivity contribution in [3.05, 3.63) is 27.7 Å². The van der Waals surface area contributed by atoms with Gasteiger partial charge in [0.05, 0.1) is 32.9 Å². The van der Waals surface area contributed by atoms with Crippen LogP contribution in [0.2, 0.25) is 0 Å². The third-order valence-electron chi connectivity index (χ3n) is 4.01. The molecule has 118 valence electrons. The molecule has 3 heterocycles. The number of pyridine rings is 1. The van der Waals surface area contributed by atoms with E-state index in [1.807, 2.05) is 0 Å². The van der Waals surface area contributed by atoms with Gasteiger partial charge in [0, 0.05) is 12.8 Å². The van der Waals surface area contributed by atoms with Gasteiger partial charge in [0.2, 0.25) is 5.43 Å². The largest absolute Gasteiger partial charge is 0.491 e. The maximum Gasteiger partial charge on any atom is 0.343 e. The van der Waals surface area contributed by atoms with Crippen molar-refractivity contribution in [3.8, 4) is 5.75 Å². The number of rotatable bonds is 2. The molecule has 0 bridgehead atoms. The third-order valence-corrected chi connectivity index (χ3v) is 4.01. The Kier molecular flexibility index (Phi) is 3.61. The SMILES string of the molecule is COC(=O)c1cn2c(c(OC)c1=O)C(=O)N[C@@H]1COCC[C@H]12. The lowest BCUT2D eigenvalue weighted by atomic mass is 9.98. The van der Waals surface area contributed by atoms with Crippen molar-refractivity contribution >= 4 is 11.9 Å². The summed E-state index contributed by atoms with van der Waals surface area (Å²) in [6.45, 7) is 0.927. The Hall–Kier alpha value is -2.35. The van der Waals surface area contributed by atoms with E-state index in [0.717, 1.165) is 0 Å². The maximum absolute atomic E-state index is 12.3. The second kappa shape index (κ2) is 5.45. The Morgan fingerprint density at radius 2 is 2.18 bits per heavy atom. The van der Waals surface area contributed by atoms with Gasteiger partial charge in [-0.05, 0) is 6.42 Å². The Bertz CT molecular complexity index is 695. The summed E-state index contributed by atoms with van der Waals surface area (Å²) in [5.41, 5.74) is -0.674. The number of ether oxygens (including phenoxy) is 3. The number of fused-ring (bicyclic) bond motifs is 3. The van der Waals surface area contributed by atoms with Gasteiger partial charge in [0.15, 0.2) is 11.4 Å². The van der Waals surface area contributed by atoms with E-state index in [1.165, 1.54) is 20.4 Å². The van der Waals surface area contributed by atoms with Crippen LogP contribution in [0.15, 0.2) is 11.0 Å². The molecule has 0 unspecified atom stereocenters. The third kappa shape index (κ3) is 2.07.